The maximum absolute atomic E-state index is 13.4. The number of aromatic nitrogens is 5. The number of nitrogens with zero attached hydrogens (tertiary/aromatic N) is 5. The SMILES string of the molecule is Cc1nc2ccccc2c2c(NC(=O)c3ccc4c(=O)n(C)c(=O)n(C)c4n3)c3ccccc3n12. The Bertz CT molecular complexity index is 1980. The number of hydrogen-bond acceptors (Lipinski definition) is 5. The zero-order chi connectivity index (χ0) is 24.4. The lowest BCUT2D eigenvalue weighted by molar-refractivity contribution is 0.102. The Morgan fingerprint density at radius 3 is 2.34 bits per heavy atom. The molecule has 6 rings (SSSR count). The quantitative estimate of drug-likeness (QED) is 0.424. The molecule has 6 aromatic rings. The summed E-state index contributed by atoms with van der Waals surface area (Å²) in [5.41, 5.74) is 2.52. The molecule has 0 spiro atoms. The van der Waals surface area contributed by atoms with E-state index in [1.807, 2.05) is 59.9 Å². The summed E-state index contributed by atoms with van der Waals surface area (Å²) in [6.45, 7) is 1.93. The van der Waals surface area contributed by atoms with E-state index in [9.17, 15) is 14.4 Å². The normalized spacial score (nSPS) is 11.6. The van der Waals surface area contributed by atoms with Gasteiger partial charge in [0.05, 0.1) is 27.6 Å². The van der Waals surface area contributed by atoms with Gasteiger partial charge in [-0.15, -0.1) is 0 Å². The van der Waals surface area contributed by atoms with Gasteiger partial charge in [-0.1, -0.05) is 36.4 Å². The number of rotatable bonds is 2. The van der Waals surface area contributed by atoms with Crippen LogP contribution in [0.15, 0.2) is 70.3 Å². The van der Waals surface area contributed by atoms with Crippen molar-refractivity contribution in [2.75, 3.05) is 5.32 Å². The predicted octanol–water partition coefficient (Wildman–Crippen LogP) is 3.15. The van der Waals surface area contributed by atoms with E-state index in [1.54, 1.807) is 0 Å². The lowest BCUT2D eigenvalue weighted by Crippen LogP contribution is -2.37. The number of carbonyl (C=O) groups is 1. The highest BCUT2D eigenvalue weighted by Gasteiger charge is 2.20. The molecule has 0 atom stereocenters. The summed E-state index contributed by atoms with van der Waals surface area (Å²) in [6, 6.07) is 18.6. The Kier molecular flexibility index (Phi) is 4.37. The molecule has 0 unspecified atom stereocenters. The third-order valence-corrected chi connectivity index (χ3v) is 6.41. The lowest BCUT2D eigenvalue weighted by Gasteiger charge is -2.10. The topological polar surface area (TPSA) is 103 Å². The molecule has 4 aromatic heterocycles. The molecule has 1 N–H and O–H groups in total. The Labute approximate surface area is 197 Å². The van der Waals surface area contributed by atoms with Crippen molar-refractivity contribution in [1.82, 2.24) is 23.5 Å². The predicted molar refractivity (Wildman–Crippen MR) is 135 cm³/mol. The summed E-state index contributed by atoms with van der Waals surface area (Å²) in [5.74, 6) is 0.349. The van der Waals surface area contributed by atoms with E-state index in [2.05, 4.69) is 10.3 Å². The molecule has 0 aliphatic heterocycles. The van der Waals surface area contributed by atoms with Gasteiger partial charge in [-0.2, -0.15) is 0 Å². The van der Waals surface area contributed by atoms with E-state index < -0.39 is 17.2 Å². The number of aryl methyl sites for hydroxylation is 2. The molecular formula is C26H20N6O3. The lowest BCUT2D eigenvalue weighted by atomic mass is 10.1. The summed E-state index contributed by atoms with van der Waals surface area (Å²) in [7, 11) is 2.94. The average Bonchev–Trinajstić information content (AvgIpc) is 3.21. The highest BCUT2D eigenvalue weighted by molar-refractivity contribution is 6.18. The molecule has 0 saturated carbocycles. The van der Waals surface area contributed by atoms with Crippen LogP contribution >= 0.6 is 0 Å². The molecule has 9 heteroatoms. The number of para-hydroxylation sites is 2. The highest BCUT2D eigenvalue weighted by atomic mass is 16.2. The molecule has 2 aromatic carbocycles. The maximum atomic E-state index is 13.4. The van der Waals surface area contributed by atoms with E-state index in [0.29, 0.717) is 5.69 Å². The van der Waals surface area contributed by atoms with E-state index in [4.69, 9.17) is 4.98 Å². The Balaban J connectivity index is 1.58. The largest absolute Gasteiger partial charge is 0.332 e. The molecule has 0 fully saturated rings. The van der Waals surface area contributed by atoms with Crippen molar-refractivity contribution in [3.8, 4) is 0 Å². The smallest absolute Gasteiger partial charge is 0.318 e. The molecule has 1 amide bonds. The zero-order valence-electron chi connectivity index (χ0n) is 19.2. The van der Waals surface area contributed by atoms with Gasteiger partial charge in [0.2, 0.25) is 0 Å². The van der Waals surface area contributed by atoms with E-state index in [1.165, 1.54) is 30.8 Å². The molecule has 0 radical (unpaired) electrons. The van der Waals surface area contributed by atoms with Gasteiger partial charge in [-0.25, -0.2) is 14.8 Å². The van der Waals surface area contributed by atoms with Crippen molar-refractivity contribution in [2.24, 2.45) is 14.1 Å². The zero-order valence-corrected chi connectivity index (χ0v) is 19.2. The second kappa shape index (κ2) is 7.36. The van der Waals surface area contributed by atoms with Gasteiger partial charge < -0.3 is 5.32 Å². The van der Waals surface area contributed by atoms with Crippen LogP contribution in [0.1, 0.15) is 16.3 Å². The van der Waals surface area contributed by atoms with Crippen molar-refractivity contribution in [2.45, 2.75) is 6.92 Å². The minimum Gasteiger partial charge on any atom is -0.318 e. The fraction of sp³-hybridized carbons (Fsp3) is 0.115. The number of hydrogen-bond donors (Lipinski definition) is 1. The fourth-order valence-electron chi connectivity index (χ4n) is 4.71. The molecule has 0 aliphatic carbocycles. The molecule has 4 heterocycles. The van der Waals surface area contributed by atoms with Gasteiger partial charge in [0.15, 0.2) is 0 Å². The van der Waals surface area contributed by atoms with Gasteiger partial charge in [-0.05, 0) is 31.2 Å². The van der Waals surface area contributed by atoms with Crippen molar-refractivity contribution in [3.05, 3.63) is 93.0 Å². The average molecular weight is 464 g/mol. The Morgan fingerprint density at radius 1 is 0.829 bits per heavy atom. The van der Waals surface area contributed by atoms with Crippen LogP contribution in [-0.2, 0) is 14.1 Å². The summed E-state index contributed by atoms with van der Waals surface area (Å²) in [5, 5.41) is 5.08. The van der Waals surface area contributed by atoms with Crippen molar-refractivity contribution in [3.63, 3.8) is 0 Å². The van der Waals surface area contributed by atoms with E-state index in [-0.39, 0.29) is 16.7 Å². The van der Waals surface area contributed by atoms with Crippen molar-refractivity contribution in [1.29, 1.82) is 0 Å². The van der Waals surface area contributed by atoms with Gasteiger partial charge in [0.1, 0.15) is 17.2 Å². The number of carbonyl (C=O) groups excluding carboxylic acids is 1. The number of amides is 1. The van der Waals surface area contributed by atoms with Gasteiger partial charge in [0.25, 0.3) is 11.5 Å². The van der Waals surface area contributed by atoms with Crippen molar-refractivity contribution < 1.29 is 4.79 Å². The number of benzene rings is 2. The van der Waals surface area contributed by atoms with Gasteiger partial charge in [0, 0.05) is 24.9 Å². The van der Waals surface area contributed by atoms with Crippen LogP contribution in [-0.4, -0.2) is 29.4 Å². The first-order valence-corrected chi connectivity index (χ1v) is 11.0. The molecule has 0 saturated heterocycles. The standard InChI is InChI=1S/C26H20N6O3/c1-14-27-18-10-6-4-8-15(18)22-21(16-9-5-7-11-20(16)32(14)22)29-24(33)19-13-12-17-23(28-19)30(2)26(35)31(3)25(17)34/h4-13H,1-3H3,(H,29,33). The van der Waals surface area contributed by atoms with Crippen LogP contribution in [0.3, 0.4) is 0 Å². The summed E-state index contributed by atoms with van der Waals surface area (Å²) >= 11 is 0. The highest BCUT2D eigenvalue weighted by Crippen LogP contribution is 2.36. The van der Waals surface area contributed by atoms with Crippen LogP contribution in [0.4, 0.5) is 5.69 Å². The summed E-state index contributed by atoms with van der Waals surface area (Å²) in [4.78, 5) is 47.4. The van der Waals surface area contributed by atoms with Crippen LogP contribution in [0.5, 0.6) is 0 Å². The number of anilines is 1. The first-order chi connectivity index (χ1) is 16.9. The van der Waals surface area contributed by atoms with Crippen LogP contribution in [0.25, 0.3) is 38.4 Å². The Morgan fingerprint density at radius 2 is 1.54 bits per heavy atom. The van der Waals surface area contributed by atoms with Crippen LogP contribution in [0.2, 0.25) is 0 Å². The molecule has 172 valence electrons. The molecular weight excluding hydrogens is 444 g/mol. The monoisotopic (exact) mass is 464 g/mol. The third-order valence-electron chi connectivity index (χ3n) is 6.41. The number of fused-ring (bicyclic) bond motifs is 6. The first kappa shape index (κ1) is 20.8. The minimum absolute atomic E-state index is 0.0965. The minimum atomic E-state index is -0.508. The molecule has 35 heavy (non-hydrogen) atoms. The number of nitrogens with one attached hydrogen (secondary N) is 1. The molecule has 0 aliphatic rings. The second-order valence-corrected chi connectivity index (χ2v) is 8.48. The molecule has 0 bridgehead atoms. The van der Waals surface area contributed by atoms with E-state index in [0.717, 1.165) is 37.7 Å². The van der Waals surface area contributed by atoms with Crippen LogP contribution in [0, 0.1) is 6.92 Å². The van der Waals surface area contributed by atoms with E-state index >= 15 is 0 Å². The summed E-state index contributed by atoms with van der Waals surface area (Å²) in [6.07, 6.45) is 0. The van der Waals surface area contributed by atoms with Gasteiger partial charge >= 0.3 is 5.69 Å². The van der Waals surface area contributed by atoms with Crippen molar-refractivity contribution >= 4 is 50.0 Å². The van der Waals surface area contributed by atoms with Gasteiger partial charge in [-0.3, -0.25) is 23.1 Å². The fourth-order valence-corrected chi connectivity index (χ4v) is 4.71. The molecule has 9 nitrogen and oxygen atoms in total. The Hall–Kier alpha value is -4.79. The summed E-state index contributed by atoms with van der Waals surface area (Å²) < 4.78 is 4.32. The second-order valence-electron chi connectivity index (χ2n) is 8.48. The number of pyridine rings is 1. The van der Waals surface area contributed by atoms with Crippen LogP contribution < -0.4 is 16.6 Å². The third kappa shape index (κ3) is 2.91. The first-order valence-electron chi connectivity index (χ1n) is 11.0. The maximum Gasteiger partial charge on any atom is 0.332 e.